The Labute approximate surface area is 82.2 Å². The largest absolute Gasteiger partial charge is 0.413 e. The molecule has 2 heterocycles. The number of hydrogen-bond acceptors (Lipinski definition) is 2. The van der Waals surface area contributed by atoms with Crippen molar-refractivity contribution >= 4 is 11.8 Å². The Hall–Kier alpha value is -1.01. The van der Waals surface area contributed by atoms with Crippen LogP contribution in [0.1, 0.15) is 19.0 Å². The van der Waals surface area contributed by atoms with Crippen LogP contribution >= 0.6 is 11.8 Å². The Morgan fingerprint density at radius 3 is 3.46 bits per heavy atom. The van der Waals surface area contributed by atoms with Crippen molar-refractivity contribution in [3.05, 3.63) is 18.0 Å². The predicted molar refractivity (Wildman–Crippen MR) is 53.8 cm³/mol. The Morgan fingerprint density at radius 2 is 2.62 bits per heavy atom. The van der Waals surface area contributed by atoms with Gasteiger partial charge in [0.2, 0.25) is 0 Å². The minimum atomic E-state index is 0.744. The highest BCUT2D eigenvalue weighted by Crippen LogP contribution is 2.24. The van der Waals surface area contributed by atoms with Crippen molar-refractivity contribution in [2.75, 3.05) is 12.4 Å². The molecule has 1 aliphatic heterocycles. The van der Waals surface area contributed by atoms with E-state index in [0.717, 1.165) is 24.5 Å². The normalized spacial score (nSPS) is 13.0. The van der Waals surface area contributed by atoms with Crippen molar-refractivity contribution in [1.29, 1.82) is 0 Å². The van der Waals surface area contributed by atoms with Gasteiger partial charge in [0.05, 0.1) is 5.75 Å². The summed E-state index contributed by atoms with van der Waals surface area (Å²) < 4.78 is 1.78. The maximum atomic E-state index is 5.49. The quantitative estimate of drug-likeness (QED) is 0.679. The topological polar surface area (TPSA) is 14.2 Å². The average Bonchev–Trinajstić information content (AvgIpc) is 2.58. The molecule has 3 heteroatoms. The van der Waals surface area contributed by atoms with Gasteiger partial charge in [-0.3, -0.25) is 0 Å². The Morgan fingerprint density at radius 1 is 1.69 bits per heavy atom. The van der Waals surface area contributed by atoms with E-state index in [0.29, 0.717) is 0 Å². The molecule has 2 rings (SSSR count). The monoisotopic (exact) mass is 193 g/mol. The lowest BCUT2D eigenvalue weighted by atomic mass is 10.4. The summed E-state index contributed by atoms with van der Waals surface area (Å²) in [5, 5.41) is 0. The van der Waals surface area contributed by atoms with Gasteiger partial charge >= 0.3 is 0 Å². The van der Waals surface area contributed by atoms with Gasteiger partial charge in [0.1, 0.15) is 12.3 Å². The summed E-state index contributed by atoms with van der Waals surface area (Å²) in [4.78, 5) is 6.73. The van der Waals surface area contributed by atoms with E-state index in [1.165, 1.54) is 4.90 Å². The summed E-state index contributed by atoms with van der Waals surface area (Å²) in [6, 6.07) is 2.06. The minimum absolute atomic E-state index is 0.744. The van der Waals surface area contributed by atoms with E-state index in [1.807, 2.05) is 6.20 Å². The highest BCUT2D eigenvalue weighted by Gasteiger charge is 2.10. The van der Waals surface area contributed by atoms with Crippen LogP contribution < -0.4 is 4.84 Å². The van der Waals surface area contributed by atoms with Crippen LogP contribution in [0, 0.1) is 11.8 Å². The number of hydrogen-bond donors (Lipinski definition) is 0. The van der Waals surface area contributed by atoms with Gasteiger partial charge in [0.15, 0.2) is 0 Å². The second-order valence-electron chi connectivity index (χ2n) is 2.78. The van der Waals surface area contributed by atoms with Gasteiger partial charge < -0.3 is 4.84 Å². The van der Waals surface area contributed by atoms with Crippen molar-refractivity contribution in [2.45, 2.75) is 18.2 Å². The fraction of sp³-hybridized carbons (Fsp3) is 0.400. The van der Waals surface area contributed by atoms with Crippen molar-refractivity contribution in [2.24, 2.45) is 0 Å². The molecule has 0 unspecified atom stereocenters. The maximum absolute atomic E-state index is 5.49. The number of thioether (sulfide) groups is 1. The number of fused-ring (bicyclic) bond motifs is 1. The van der Waals surface area contributed by atoms with Crippen molar-refractivity contribution < 1.29 is 4.84 Å². The predicted octanol–water partition coefficient (Wildman–Crippen LogP) is 1.78. The van der Waals surface area contributed by atoms with Gasteiger partial charge in [-0.2, -0.15) is 4.73 Å². The molecule has 0 saturated carbocycles. The number of nitrogens with zero attached hydrogens (tertiary/aromatic N) is 1. The van der Waals surface area contributed by atoms with Gasteiger partial charge in [-0.15, -0.1) is 11.8 Å². The maximum Gasteiger partial charge on any atom is 0.143 e. The summed E-state index contributed by atoms with van der Waals surface area (Å²) in [6.45, 7) is 2.84. The standard InChI is InChI=1S/C10H11NOS/c1-2-7-12-11-6-5-10-9(11)4-3-8-13-10/h5-6H,2,7-8H2,1H3. The minimum Gasteiger partial charge on any atom is -0.413 e. The summed E-state index contributed by atoms with van der Waals surface area (Å²) in [5.74, 6) is 7.04. The Bertz CT molecular complexity index is 359. The van der Waals surface area contributed by atoms with E-state index in [4.69, 9.17) is 4.84 Å². The molecule has 0 N–H and O–H groups in total. The van der Waals surface area contributed by atoms with Crippen LogP contribution in [0.5, 0.6) is 0 Å². The molecule has 2 nitrogen and oxygen atoms in total. The van der Waals surface area contributed by atoms with Crippen LogP contribution in [0.4, 0.5) is 0 Å². The molecule has 0 fully saturated rings. The van der Waals surface area contributed by atoms with E-state index in [1.54, 1.807) is 16.5 Å². The molecule has 0 spiro atoms. The molecule has 0 aromatic carbocycles. The van der Waals surface area contributed by atoms with Crippen molar-refractivity contribution in [3.8, 4) is 11.8 Å². The lowest BCUT2D eigenvalue weighted by Crippen LogP contribution is -2.13. The fourth-order valence-corrected chi connectivity index (χ4v) is 1.90. The highest BCUT2D eigenvalue weighted by molar-refractivity contribution is 7.99. The first-order chi connectivity index (χ1) is 6.42. The van der Waals surface area contributed by atoms with Gasteiger partial charge in [-0.05, 0) is 18.4 Å². The van der Waals surface area contributed by atoms with Crippen LogP contribution in [0.25, 0.3) is 0 Å². The van der Waals surface area contributed by atoms with E-state index in [-0.39, 0.29) is 0 Å². The molecular weight excluding hydrogens is 182 g/mol. The zero-order valence-electron chi connectivity index (χ0n) is 7.54. The third-order valence-electron chi connectivity index (χ3n) is 1.76. The van der Waals surface area contributed by atoms with E-state index in [2.05, 4.69) is 24.8 Å². The average molecular weight is 193 g/mol. The number of rotatable bonds is 3. The first-order valence-electron chi connectivity index (χ1n) is 4.38. The molecule has 0 bridgehead atoms. The van der Waals surface area contributed by atoms with Crippen LogP contribution in [0.15, 0.2) is 17.2 Å². The summed E-state index contributed by atoms with van der Waals surface area (Å²) in [7, 11) is 0. The van der Waals surface area contributed by atoms with E-state index < -0.39 is 0 Å². The Kier molecular flexibility index (Phi) is 2.51. The molecule has 1 aromatic rings. The molecule has 0 amide bonds. The molecular formula is C10H11NOS. The number of aromatic nitrogens is 1. The molecule has 0 radical (unpaired) electrons. The van der Waals surface area contributed by atoms with Gasteiger partial charge in [-0.25, -0.2) is 0 Å². The Balaban J connectivity index is 2.21. The zero-order chi connectivity index (χ0) is 9.10. The molecule has 0 atom stereocenters. The lowest BCUT2D eigenvalue weighted by molar-refractivity contribution is 0.109. The smallest absolute Gasteiger partial charge is 0.143 e. The highest BCUT2D eigenvalue weighted by atomic mass is 32.2. The summed E-state index contributed by atoms with van der Waals surface area (Å²) in [6.07, 6.45) is 2.96. The fourth-order valence-electron chi connectivity index (χ4n) is 1.16. The van der Waals surface area contributed by atoms with Gasteiger partial charge in [0, 0.05) is 11.1 Å². The molecule has 0 aliphatic carbocycles. The van der Waals surface area contributed by atoms with Gasteiger partial charge in [-0.1, -0.05) is 12.8 Å². The van der Waals surface area contributed by atoms with Crippen LogP contribution in [0.3, 0.4) is 0 Å². The first-order valence-corrected chi connectivity index (χ1v) is 5.36. The second kappa shape index (κ2) is 3.80. The lowest BCUT2D eigenvalue weighted by Gasteiger charge is -2.08. The first kappa shape index (κ1) is 8.58. The second-order valence-corrected chi connectivity index (χ2v) is 3.80. The van der Waals surface area contributed by atoms with Crippen molar-refractivity contribution in [1.82, 2.24) is 4.73 Å². The van der Waals surface area contributed by atoms with Gasteiger partial charge in [0.25, 0.3) is 0 Å². The van der Waals surface area contributed by atoms with E-state index in [9.17, 15) is 0 Å². The van der Waals surface area contributed by atoms with Crippen LogP contribution in [-0.4, -0.2) is 17.1 Å². The SMILES string of the molecule is CCCOn1ccc2c1C#CCS2. The van der Waals surface area contributed by atoms with Crippen molar-refractivity contribution in [3.63, 3.8) is 0 Å². The zero-order valence-corrected chi connectivity index (χ0v) is 8.36. The molecule has 0 saturated heterocycles. The molecule has 1 aliphatic rings. The van der Waals surface area contributed by atoms with E-state index >= 15 is 0 Å². The van der Waals surface area contributed by atoms with Crippen LogP contribution in [0.2, 0.25) is 0 Å². The third-order valence-corrected chi connectivity index (χ3v) is 2.69. The third kappa shape index (κ3) is 1.68. The molecule has 13 heavy (non-hydrogen) atoms. The summed E-state index contributed by atoms with van der Waals surface area (Å²) in [5.41, 5.74) is 1.00. The van der Waals surface area contributed by atoms with Crippen LogP contribution in [-0.2, 0) is 0 Å². The molecule has 68 valence electrons. The summed E-state index contributed by atoms with van der Waals surface area (Å²) >= 11 is 1.77. The molecule has 1 aromatic heterocycles.